The van der Waals surface area contributed by atoms with Gasteiger partial charge in [-0.15, -0.1) is 11.8 Å². The first-order valence-electron chi connectivity index (χ1n) is 5.68. The molecule has 0 radical (unpaired) electrons. The molecule has 0 unspecified atom stereocenters. The van der Waals surface area contributed by atoms with Crippen LogP contribution in [0.15, 0.2) is 47.4 Å². The van der Waals surface area contributed by atoms with Gasteiger partial charge in [-0.2, -0.15) is 0 Å². The average molecular weight is 297 g/mol. The quantitative estimate of drug-likeness (QED) is 0.869. The van der Waals surface area contributed by atoms with Gasteiger partial charge in [0.05, 0.1) is 5.75 Å². The molecule has 0 bridgehead atoms. The summed E-state index contributed by atoms with van der Waals surface area (Å²) >= 11 is 1.08. The van der Waals surface area contributed by atoms with E-state index >= 15 is 0 Å². The van der Waals surface area contributed by atoms with Gasteiger partial charge in [0.15, 0.2) is 11.6 Å². The maximum atomic E-state index is 13.0. The van der Waals surface area contributed by atoms with E-state index in [1.54, 1.807) is 0 Å². The number of thioether (sulfide) groups is 1. The van der Waals surface area contributed by atoms with Gasteiger partial charge in [-0.1, -0.05) is 0 Å². The molecule has 104 valence electrons. The lowest BCUT2D eigenvalue weighted by Gasteiger charge is -2.05. The van der Waals surface area contributed by atoms with Gasteiger partial charge in [-0.05, 0) is 42.5 Å². The lowest BCUT2D eigenvalue weighted by molar-refractivity contribution is -0.113. The molecule has 0 fully saturated rings. The zero-order valence-electron chi connectivity index (χ0n) is 10.2. The van der Waals surface area contributed by atoms with Crippen molar-refractivity contribution < 1.29 is 18.0 Å². The zero-order chi connectivity index (χ0) is 14.5. The Balaban J connectivity index is 1.88. The first-order chi connectivity index (χ1) is 9.54. The Morgan fingerprint density at radius 1 is 1.00 bits per heavy atom. The van der Waals surface area contributed by atoms with Gasteiger partial charge in [0.25, 0.3) is 0 Å². The maximum Gasteiger partial charge on any atom is 0.234 e. The van der Waals surface area contributed by atoms with E-state index in [-0.39, 0.29) is 17.5 Å². The fourth-order valence-corrected chi connectivity index (χ4v) is 2.17. The third-order valence-corrected chi connectivity index (χ3v) is 3.38. The minimum absolute atomic E-state index is 0.0441. The predicted molar refractivity (Wildman–Crippen MR) is 72.1 cm³/mol. The van der Waals surface area contributed by atoms with E-state index in [4.69, 9.17) is 0 Å². The summed E-state index contributed by atoms with van der Waals surface area (Å²) in [5.41, 5.74) is 0.474. The van der Waals surface area contributed by atoms with Gasteiger partial charge in [-0.25, -0.2) is 13.2 Å². The summed E-state index contributed by atoms with van der Waals surface area (Å²) in [5.74, 6) is -2.54. The number of amides is 1. The third-order valence-electron chi connectivity index (χ3n) is 2.39. The van der Waals surface area contributed by atoms with Crippen LogP contribution in [0, 0.1) is 17.5 Å². The molecule has 2 rings (SSSR count). The molecule has 0 atom stereocenters. The molecule has 0 aliphatic rings. The van der Waals surface area contributed by atoms with Crippen molar-refractivity contribution in [3.05, 3.63) is 59.9 Å². The molecule has 0 heterocycles. The smallest absolute Gasteiger partial charge is 0.234 e. The molecule has 0 aliphatic heterocycles. The first-order valence-corrected chi connectivity index (χ1v) is 6.66. The number of rotatable bonds is 4. The molecule has 1 N–H and O–H groups in total. The molecule has 1 amide bonds. The van der Waals surface area contributed by atoms with E-state index < -0.39 is 11.6 Å². The highest BCUT2D eigenvalue weighted by molar-refractivity contribution is 8.00. The number of carbonyl (C=O) groups is 1. The Bertz CT molecular complexity index is 616. The van der Waals surface area contributed by atoms with Crippen LogP contribution in [-0.2, 0) is 4.79 Å². The summed E-state index contributed by atoms with van der Waals surface area (Å²) < 4.78 is 38.4. The van der Waals surface area contributed by atoms with Crippen molar-refractivity contribution in [2.24, 2.45) is 0 Å². The Labute approximate surface area is 118 Å². The van der Waals surface area contributed by atoms with E-state index in [1.807, 2.05) is 0 Å². The summed E-state index contributed by atoms with van der Waals surface area (Å²) in [6, 6.07) is 8.79. The molecule has 0 saturated carbocycles. The maximum absolute atomic E-state index is 13.0. The van der Waals surface area contributed by atoms with Crippen LogP contribution < -0.4 is 5.32 Å². The molecule has 2 aromatic rings. The number of benzene rings is 2. The summed E-state index contributed by atoms with van der Waals surface area (Å²) in [5, 5.41) is 2.57. The lowest BCUT2D eigenvalue weighted by Crippen LogP contribution is -2.13. The van der Waals surface area contributed by atoms with Crippen LogP contribution in [0.2, 0.25) is 0 Å². The summed E-state index contributed by atoms with van der Waals surface area (Å²) in [4.78, 5) is 12.1. The Morgan fingerprint density at radius 3 is 2.35 bits per heavy atom. The number of nitrogens with one attached hydrogen (secondary N) is 1. The second-order valence-electron chi connectivity index (χ2n) is 3.92. The average Bonchev–Trinajstić information content (AvgIpc) is 2.43. The van der Waals surface area contributed by atoms with Crippen molar-refractivity contribution in [2.45, 2.75) is 4.90 Å². The van der Waals surface area contributed by atoms with Crippen LogP contribution in [0.1, 0.15) is 0 Å². The van der Waals surface area contributed by atoms with Crippen LogP contribution >= 0.6 is 11.8 Å². The Morgan fingerprint density at radius 2 is 1.70 bits per heavy atom. The molecule has 20 heavy (non-hydrogen) atoms. The number of carbonyl (C=O) groups excluding carboxylic acids is 1. The number of hydrogen-bond donors (Lipinski definition) is 1. The molecule has 0 saturated heterocycles. The fraction of sp³-hybridized carbons (Fsp3) is 0.0714. The minimum atomic E-state index is -0.950. The van der Waals surface area contributed by atoms with Crippen LogP contribution in [0.3, 0.4) is 0 Å². The summed E-state index contributed by atoms with van der Waals surface area (Å²) in [6.07, 6.45) is 0. The standard InChI is InChI=1S/C14H10F3NOS/c15-9-1-3-10(4-2-9)18-14(19)8-20-11-5-6-12(16)13(17)7-11/h1-7H,8H2,(H,18,19). The van der Waals surface area contributed by atoms with Crippen LogP contribution in [0.4, 0.5) is 18.9 Å². The van der Waals surface area contributed by atoms with Crippen molar-refractivity contribution in [3.63, 3.8) is 0 Å². The lowest BCUT2D eigenvalue weighted by atomic mass is 10.3. The molecule has 2 nitrogen and oxygen atoms in total. The van der Waals surface area contributed by atoms with E-state index in [1.165, 1.54) is 30.3 Å². The monoisotopic (exact) mass is 297 g/mol. The van der Waals surface area contributed by atoms with Gasteiger partial charge in [0, 0.05) is 10.6 Å². The Kier molecular flexibility index (Phi) is 4.68. The van der Waals surface area contributed by atoms with Gasteiger partial charge in [0.2, 0.25) is 5.91 Å². The first kappa shape index (κ1) is 14.5. The van der Waals surface area contributed by atoms with Crippen molar-refractivity contribution >= 4 is 23.4 Å². The van der Waals surface area contributed by atoms with Crippen LogP contribution in [-0.4, -0.2) is 11.7 Å². The highest BCUT2D eigenvalue weighted by atomic mass is 32.2. The molecule has 0 spiro atoms. The highest BCUT2D eigenvalue weighted by Crippen LogP contribution is 2.20. The summed E-state index contributed by atoms with van der Waals surface area (Å²) in [7, 11) is 0. The molecule has 6 heteroatoms. The van der Waals surface area contributed by atoms with Crippen molar-refractivity contribution in [1.29, 1.82) is 0 Å². The molecule has 0 aromatic heterocycles. The zero-order valence-corrected chi connectivity index (χ0v) is 11.0. The fourth-order valence-electron chi connectivity index (χ4n) is 1.45. The van der Waals surface area contributed by atoms with E-state index in [9.17, 15) is 18.0 Å². The Hall–Kier alpha value is -1.95. The van der Waals surface area contributed by atoms with Crippen LogP contribution in [0.25, 0.3) is 0 Å². The van der Waals surface area contributed by atoms with E-state index in [0.29, 0.717) is 10.6 Å². The SMILES string of the molecule is O=C(CSc1ccc(F)c(F)c1)Nc1ccc(F)cc1. The second-order valence-corrected chi connectivity index (χ2v) is 4.97. The minimum Gasteiger partial charge on any atom is -0.325 e. The molecular formula is C14H10F3NOS. The molecule has 0 aliphatic carbocycles. The van der Waals surface area contributed by atoms with Crippen molar-refractivity contribution in [2.75, 3.05) is 11.1 Å². The molecular weight excluding hydrogens is 287 g/mol. The van der Waals surface area contributed by atoms with Crippen molar-refractivity contribution in [1.82, 2.24) is 0 Å². The van der Waals surface area contributed by atoms with Gasteiger partial charge in [-0.3, -0.25) is 4.79 Å². The van der Waals surface area contributed by atoms with Gasteiger partial charge >= 0.3 is 0 Å². The summed E-state index contributed by atoms with van der Waals surface area (Å²) in [6.45, 7) is 0. The highest BCUT2D eigenvalue weighted by Gasteiger charge is 2.06. The van der Waals surface area contributed by atoms with E-state index in [2.05, 4.69) is 5.32 Å². The second kappa shape index (κ2) is 6.47. The van der Waals surface area contributed by atoms with Crippen LogP contribution in [0.5, 0.6) is 0 Å². The third kappa shape index (κ3) is 4.03. The van der Waals surface area contributed by atoms with Crippen molar-refractivity contribution in [3.8, 4) is 0 Å². The topological polar surface area (TPSA) is 29.1 Å². The van der Waals surface area contributed by atoms with Gasteiger partial charge in [0.1, 0.15) is 5.82 Å². The largest absolute Gasteiger partial charge is 0.325 e. The molecule has 2 aromatic carbocycles. The number of hydrogen-bond acceptors (Lipinski definition) is 2. The normalized spacial score (nSPS) is 10.3. The van der Waals surface area contributed by atoms with Gasteiger partial charge < -0.3 is 5.32 Å². The predicted octanol–water partition coefficient (Wildman–Crippen LogP) is 3.83. The van der Waals surface area contributed by atoms with E-state index in [0.717, 1.165) is 23.9 Å². The number of halogens is 3. The number of anilines is 1.